The highest BCUT2D eigenvalue weighted by Gasteiger charge is 2.27. The van der Waals surface area contributed by atoms with E-state index >= 15 is 0 Å². The number of fused-ring (bicyclic) bond motifs is 1. The highest BCUT2D eigenvalue weighted by molar-refractivity contribution is 5.99. The first kappa shape index (κ1) is 22.2. The van der Waals surface area contributed by atoms with Gasteiger partial charge in [-0.15, -0.1) is 0 Å². The van der Waals surface area contributed by atoms with Crippen LogP contribution in [0.15, 0.2) is 82.7 Å². The van der Waals surface area contributed by atoms with Crippen LogP contribution in [0.25, 0.3) is 10.8 Å². The molecular formula is C24H19N5O5. The van der Waals surface area contributed by atoms with Crippen LogP contribution in [0.1, 0.15) is 27.7 Å². The molecule has 0 spiro atoms. The zero-order chi connectivity index (χ0) is 24.1. The molecule has 0 aliphatic heterocycles. The molecule has 4 rings (SSSR count). The van der Waals surface area contributed by atoms with E-state index in [4.69, 9.17) is 0 Å². The van der Waals surface area contributed by atoms with E-state index in [9.17, 15) is 24.6 Å². The van der Waals surface area contributed by atoms with E-state index in [1.54, 1.807) is 54.6 Å². The molecule has 1 heterocycles. The van der Waals surface area contributed by atoms with E-state index in [0.717, 1.165) is 6.07 Å². The molecule has 3 aromatic carbocycles. The number of H-pyrrole nitrogens is 1. The summed E-state index contributed by atoms with van der Waals surface area (Å²) in [4.78, 5) is 38.1. The second-order valence-corrected chi connectivity index (χ2v) is 7.23. The zero-order valence-corrected chi connectivity index (χ0v) is 17.6. The quantitative estimate of drug-likeness (QED) is 0.220. The molecule has 4 aromatic rings. The van der Waals surface area contributed by atoms with Crippen molar-refractivity contribution in [1.29, 1.82) is 0 Å². The Morgan fingerprint density at radius 1 is 0.971 bits per heavy atom. The van der Waals surface area contributed by atoms with E-state index < -0.39 is 23.4 Å². The SMILES string of the molecule is O=C(N[C@H](C(=O)N/N=C/c1ccc(O)cc1O)c1n[nH]c(=O)c2ccccc12)c1ccccc1. The second-order valence-electron chi connectivity index (χ2n) is 7.23. The summed E-state index contributed by atoms with van der Waals surface area (Å²) in [6.07, 6.45) is 1.18. The minimum absolute atomic E-state index is 0.125. The van der Waals surface area contributed by atoms with Crippen molar-refractivity contribution in [1.82, 2.24) is 20.9 Å². The molecular weight excluding hydrogens is 438 g/mol. The summed E-state index contributed by atoms with van der Waals surface area (Å²) in [5, 5.41) is 32.8. The number of amides is 2. The van der Waals surface area contributed by atoms with E-state index in [2.05, 4.69) is 26.0 Å². The number of aromatic amines is 1. The molecule has 34 heavy (non-hydrogen) atoms. The van der Waals surface area contributed by atoms with Crippen LogP contribution >= 0.6 is 0 Å². The van der Waals surface area contributed by atoms with Crippen molar-refractivity contribution >= 4 is 28.8 Å². The van der Waals surface area contributed by atoms with Gasteiger partial charge in [-0.25, -0.2) is 10.5 Å². The normalized spacial score (nSPS) is 11.9. The number of nitrogens with zero attached hydrogens (tertiary/aromatic N) is 2. The van der Waals surface area contributed by atoms with Gasteiger partial charge in [-0.1, -0.05) is 36.4 Å². The van der Waals surface area contributed by atoms with Crippen LogP contribution in [0, 0.1) is 0 Å². The van der Waals surface area contributed by atoms with Crippen LogP contribution in [0.5, 0.6) is 11.5 Å². The summed E-state index contributed by atoms with van der Waals surface area (Å²) in [7, 11) is 0. The molecule has 0 bridgehead atoms. The molecule has 0 fully saturated rings. The van der Waals surface area contributed by atoms with Gasteiger partial charge in [0, 0.05) is 22.6 Å². The zero-order valence-electron chi connectivity index (χ0n) is 17.6. The van der Waals surface area contributed by atoms with Crippen molar-refractivity contribution < 1.29 is 19.8 Å². The predicted molar refractivity (Wildman–Crippen MR) is 125 cm³/mol. The number of hydrogen-bond donors (Lipinski definition) is 5. The molecule has 0 aliphatic rings. The van der Waals surface area contributed by atoms with Gasteiger partial charge in [0.15, 0.2) is 6.04 Å². The number of rotatable bonds is 6. The number of carbonyl (C=O) groups is 2. The van der Waals surface area contributed by atoms with E-state index in [0.29, 0.717) is 16.3 Å². The van der Waals surface area contributed by atoms with Gasteiger partial charge < -0.3 is 15.5 Å². The van der Waals surface area contributed by atoms with Gasteiger partial charge in [0.05, 0.1) is 11.6 Å². The maximum absolute atomic E-state index is 13.1. The maximum Gasteiger partial charge on any atom is 0.272 e. The average molecular weight is 457 g/mol. The Labute approximate surface area is 192 Å². The molecule has 2 amide bonds. The van der Waals surface area contributed by atoms with Crippen molar-refractivity contribution in [2.45, 2.75) is 6.04 Å². The van der Waals surface area contributed by atoms with E-state index in [1.165, 1.54) is 18.3 Å². The van der Waals surface area contributed by atoms with Crippen molar-refractivity contribution in [2.24, 2.45) is 5.10 Å². The Morgan fingerprint density at radius 3 is 2.41 bits per heavy atom. The largest absolute Gasteiger partial charge is 0.508 e. The molecule has 0 radical (unpaired) electrons. The Hall–Kier alpha value is -4.99. The predicted octanol–water partition coefficient (Wildman–Crippen LogP) is 1.96. The maximum atomic E-state index is 13.1. The second kappa shape index (κ2) is 9.65. The lowest BCUT2D eigenvalue weighted by atomic mass is 10.0. The number of phenols is 2. The lowest BCUT2D eigenvalue weighted by Gasteiger charge is -2.18. The Balaban J connectivity index is 1.67. The lowest BCUT2D eigenvalue weighted by molar-refractivity contribution is -0.123. The molecule has 0 saturated heterocycles. The summed E-state index contributed by atoms with van der Waals surface area (Å²) in [5.41, 5.74) is 2.58. The summed E-state index contributed by atoms with van der Waals surface area (Å²) in [5.74, 6) is -1.62. The molecule has 5 N–H and O–H groups in total. The van der Waals surface area contributed by atoms with Crippen LogP contribution in [0.3, 0.4) is 0 Å². The van der Waals surface area contributed by atoms with Gasteiger partial charge in [0.1, 0.15) is 17.2 Å². The summed E-state index contributed by atoms with van der Waals surface area (Å²) < 4.78 is 0. The molecule has 10 heteroatoms. The number of benzene rings is 3. The molecule has 0 saturated carbocycles. The number of carbonyl (C=O) groups excluding carboxylic acids is 2. The monoisotopic (exact) mass is 457 g/mol. The molecule has 0 aliphatic carbocycles. The van der Waals surface area contributed by atoms with Crippen LogP contribution in [-0.4, -0.2) is 38.4 Å². The standard InChI is InChI=1S/C24H19N5O5/c30-16-11-10-15(19(31)12-16)13-25-28-24(34)21(26-22(32)14-6-2-1-3-7-14)20-17-8-4-5-9-18(17)23(33)29-27-20/h1-13,21,30-31H,(H,26,32)(H,28,34)(H,29,33)/b25-13+/t21-/m0/s1. The highest BCUT2D eigenvalue weighted by atomic mass is 16.3. The molecule has 1 atom stereocenters. The van der Waals surface area contributed by atoms with Gasteiger partial charge in [-0.3, -0.25) is 14.4 Å². The van der Waals surface area contributed by atoms with Crippen molar-refractivity contribution in [3.8, 4) is 11.5 Å². The minimum Gasteiger partial charge on any atom is -0.508 e. The summed E-state index contributed by atoms with van der Waals surface area (Å²) in [6.45, 7) is 0. The smallest absolute Gasteiger partial charge is 0.272 e. The van der Waals surface area contributed by atoms with Crippen LogP contribution in [-0.2, 0) is 4.79 Å². The molecule has 1 aromatic heterocycles. The van der Waals surface area contributed by atoms with Crippen molar-refractivity contribution in [2.75, 3.05) is 0 Å². The third-order valence-corrected chi connectivity index (χ3v) is 4.96. The number of aromatic hydroxyl groups is 2. The topological polar surface area (TPSA) is 157 Å². The first-order valence-corrected chi connectivity index (χ1v) is 10.1. The Morgan fingerprint density at radius 2 is 1.68 bits per heavy atom. The van der Waals surface area contributed by atoms with Crippen molar-refractivity contribution in [3.05, 3.63) is 100.0 Å². The van der Waals surface area contributed by atoms with Gasteiger partial charge in [-0.05, 0) is 30.3 Å². The number of phenolic OH excluding ortho intramolecular Hbond substituents is 2. The van der Waals surface area contributed by atoms with Crippen LogP contribution in [0.2, 0.25) is 0 Å². The average Bonchev–Trinajstić information content (AvgIpc) is 2.85. The summed E-state index contributed by atoms with van der Waals surface area (Å²) in [6, 6.07) is 17.5. The first-order valence-electron chi connectivity index (χ1n) is 10.1. The first-order chi connectivity index (χ1) is 16.4. The van der Waals surface area contributed by atoms with Gasteiger partial charge in [0.2, 0.25) is 0 Å². The third kappa shape index (κ3) is 4.75. The Bertz CT molecular complexity index is 1450. The van der Waals surface area contributed by atoms with Crippen LogP contribution < -0.4 is 16.3 Å². The fourth-order valence-electron chi connectivity index (χ4n) is 3.29. The van der Waals surface area contributed by atoms with Crippen LogP contribution in [0.4, 0.5) is 0 Å². The number of aromatic nitrogens is 2. The van der Waals surface area contributed by atoms with Crippen molar-refractivity contribution in [3.63, 3.8) is 0 Å². The minimum atomic E-state index is -1.31. The fourth-order valence-corrected chi connectivity index (χ4v) is 3.29. The summed E-state index contributed by atoms with van der Waals surface area (Å²) >= 11 is 0. The lowest BCUT2D eigenvalue weighted by Crippen LogP contribution is -2.40. The number of nitrogens with one attached hydrogen (secondary N) is 3. The Kier molecular flexibility index (Phi) is 6.31. The number of hydrogen-bond acceptors (Lipinski definition) is 7. The van der Waals surface area contributed by atoms with Gasteiger partial charge in [0.25, 0.3) is 17.4 Å². The van der Waals surface area contributed by atoms with Gasteiger partial charge in [-0.2, -0.15) is 10.2 Å². The fraction of sp³-hybridized carbons (Fsp3) is 0.0417. The van der Waals surface area contributed by atoms with E-state index in [1.807, 2.05) is 0 Å². The van der Waals surface area contributed by atoms with E-state index in [-0.39, 0.29) is 22.8 Å². The highest BCUT2D eigenvalue weighted by Crippen LogP contribution is 2.22. The molecule has 0 unspecified atom stereocenters. The molecule has 10 nitrogen and oxygen atoms in total. The third-order valence-electron chi connectivity index (χ3n) is 4.96. The number of hydrazone groups is 1. The molecule has 170 valence electrons. The van der Waals surface area contributed by atoms with Gasteiger partial charge >= 0.3 is 0 Å².